The van der Waals surface area contributed by atoms with E-state index in [1.807, 2.05) is 18.3 Å². The lowest BCUT2D eigenvalue weighted by atomic mass is 10.2. The first-order valence-electron chi connectivity index (χ1n) is 5.76. The number of fused-ring (bicyclic) bond motifs is 1. The van der Waals surface area contributed by atoms with Crippen LogP contribution in [0, 0.1) is 11.3 Å². The highest BCUT2D eigenvalue weighted by Gasteiger charge is 2.12. The molecule has 2 heterocycles. The van der Waals surface area contributed by atoms with E-state index in [4.69, 9.17) is 10.00 Å². The third-order valence-electron chi connectivity index (χ3n) is 2.58. The van der Waals surface area contributed by atoms with Gasteiger partial charge in [-0.05, 0) is 25.0 Å². The molecule has 2 aromatic rings. The lowest BCUT2D eigenvalue weighted by Gasteiger charge is -2.03. The van der Waals surface area contributed by atoms with Gasteiger partial charge in [-0.2, -0.15) is 5.26 Å². The van der Waals surface area contributed by atoms with E-state index in [1.54, 1.807) is 11.3 Å². The fraction of sp³-hybridized carbons (Fsp3) is 0.308. The van der Waals surface area contributed by atoms with E-state index in [1.165, 1.54) is 6.20 Å². The second kappa shape index (κ2) is 5.32. The average Bonchev–Trinajstić information content (AvgIpc) is 2.79. The van der Waals surface area contributed by atoms with Crippen LogP contribution in [0.2, 0.25) is 0 Å². The number of nitrogens with zero attached hydrogens (tertiary/aromatic N) is 3. The lowest BCUT2D eigenvalue weighted by Crippen LogP contribution is -2.08. The number of nitriles is 1. The SMILES string of the molecule is CCOC(=O)c1cnc2ccc(CCC#N)cn12. The molecule has 0 fully saturated rings. The van der Waals surface area contributed by atoms with Crippen molar-refractivity contribution in [3.05, 3.63) is 35.8 Å². The van der Waals surface area contributed by atoms with Gasteiger partial charge in [0.05, 0.1) is 18.9 Å². The standard InChI is InChI=1S/C13H13N3O2/c1-2-18-13(17)11-8-15-12-6-5-10(4-3-7-14)9-16(11)12/h5-6,8-9H,2-4H2,1H3. The number of ether oxygens (including phenoxy) is 1. The first-order valence-corrected chi connectivity index (χ1v) is 5.76. The van der Waals surface area contributed by atoms with Gasteiger partial charge in [-0.25, -0.2) is 9.78 Å². The van der Waals surface area contributed by atoms with Crippen molar-refractivity contribution >= 4 is 11.6 Å². The quantitative estimate of drug-likeness (QED) is 0.770. The van der Waals surface area contributed by atoms with Crippen LogP contribution in [0.4, 0.5) is 0 Å². The van der Waals surface area contributed by atoms with Gasteiger partial charge in [0.25, 0.3) is 0 Å². The Morgan fingerprint density at radius 1 is 1.56 bits per heavy atom. The molecule has 0 saturated heterocycles. The zero-order valence-corrected chi connectivity index (χ0v) is 10.1. The van der Waals surface area contributed by atoms with E-state index in [0.717, 1.165) is 5.56 Å². The van der Waals surface area contributed by atoms with Crippen molar-refractivity contribution in [2.45, 2.75) is 19.8 Å². The number of imidazole rings is 1. The zero-order valence-electron chi connectivity index (χ0n) is 10.1. The van der Waals surface area contributed by atoms with Gasteiger partial charge in [0.15, 0.2) is 5.69 Å². The number of carbonyl (C=O) groups is 1. The van der Waals surface area contributed by atoms with Gasteiger partial charge in [-0.15, -0.1) is 0 Å². The van der Waals surface area contributed by atoms with Crippen LogP contribution in [0.5, 0.6) is 0 Å². The minimum absolute atomic E-state index is 0.334. The molecule has 0 aliphatic rings. The number of hydrogen-bond acceptors (Lipinski definition) is 4. The normalized spacial score (nSPS) is 10.2. The second-order valence-corrected chi connectivity index (χ2v) is 3.79. The maximum absolute atomic E-state index is 11.7. The molecule has 0 spiro atoms. The Kier molecular flexibility index (Phi) is 3.58. The summed E-state index contributed by atoms with van der Waals surface area (Å²) in [4.78, 5) is 15.9. The van der Waals surface area contributed by atoms with E-state index in [9.17, 15) is 4.79 Å². The summed E-state index contributed by atoms with van der Waals surface area (Å²) in [6.45, 7) is 2.10. The smallest absolute Gasteiger partial charge is 0.356 e. The molecule has 0 bridgehead atoms. The van der Waals surface area contributed by atoms with Crippen molar-refractivity contribution in [2.75, 3.05) is 6.61 Å². The van der Waals surface area contributed by atoms with Gasteiger partial charge >= 0.3 is 5.97 Å². The number of hydrogen-bond donors (Lipinski definition) is 0. The van der Waals surface area contributed by atoms with Crippen LogP contribution in [0.1, 0.15) is 29.4 Å². The van der Waals surface area contributed by atoms with Crippen molar-refractivity contribution in [1.29, 1.82) is 5.26 Å². The summed E-state index contributed by atoms with van der Waals surface area (Å²) in [5.41, 5.74) is 2.09. The van der Waals surface area contributed by atoms with Crippen LogP contribution < -0.4 is 0 Å². The Morgan fingerprint density at radius 2 is 2.39 bits per heavy atom. The molecular formula is C13H13N3O2. The van der Waals surface area contributed by atoms with Crippen LogP contribution in [-0.4, -0.2) is 22.0 Å². The van der Waals surface area contributed by atoms with Crippen molar-refractivity contribution in [3.8, 4) is 6.07 Å². The summed E-state index contributed by atoms with van der Waals surface area (Å²) < 4.78 is 6.66. The van der Waals surface area contributed by atoms with E-state index < -0.39 is 0 Å². The van der Waals surface area contributed by atoms with Crippen LogP contribution in [0.3, 0.4) is 0 Å². The molecule has 0 N–H and O–H groups in total. The fourth-order valence-electron chi connectivity index (χ4n) is 1.73. The number of aryl methyl sites for hydroxylation is 1. The number of esters is 1. The Balaban J connectivity index is 2.37. The minimum Gasteiger partial charge on any atom is -0.461 e. The van der Waals surface area contributed by atoms with E-state index >= 15 is 0 Å². The molecule has 0 radical (unpaired) electrons. The minimum atomic E-state index is -0.387. The summed E-state index contributed by atoms with van der Waals surface area (Å²) >= 11 is 0. The van der Waals surface area contributed by atoms with Gasteiger partial charge in [-0.3, -0.25) is 4.40 Å². The van der Waals surface area contributed by atoms with E-state index in [-0.39, 0.29) is 5.97 Å². The molecule has 0 aliphatic heterocycles. The highest BCUT2D eigenvalue weighted by molar-refractivity contribution is 5.88. The van der Waals surface area contributed by atoms with Crippen molar-refractivity contribution < 1.29 is 9.53 Å². The first-order chi connectivity index (χ1) is 8.76. The molecule has 0 amide bonds. The van der Waals surface area contributed by atoms with E-state index in [2.05, 4.69) is 11.1 Å². The summed E-state index contributed by atoms with van der Waals surface area (Å²) in [6, 6.07) is 5.84. The molecule has 0 aliphatic carbocycles. The monoisotopic (exact) mass is 243 g/mol. The molecule has 2 aromatic heterocycles. The number of aromatic nitrogens is 2. The second-order valence-electron chi connectivity index (χ2n) is 3.79. The summed E-state index contributed by atoms with van der Waals surface area (Å²) in [6.07, 6.45) is 4.44. The van der Waals surface area contributed by atoms with Gasteiger partial charge < -0.3 is 4.74 Å². The van der Waals surface area contributed by atoms with Crippen LogP contribution in [-0.2, 0) is 11.2 Å². The Morgan fingerprint density at radius 3 is 3.11 bits per heavy atom. The van der Waals surface area contributed by atoms with Gasteiger partial charge in [0.2, 0.25) is 0 Å². The summed E-state index contributed by atoms with van der Waals surface area (Å²) in [7, 11) is 0. The third kappa shape index (κ3) is 2.33. The highest BCUT2D eigenvalue weighted by atomic mass is 16.5. The topological polar surface area (TPSA) is 67.4 Å². The fourth-order valence-corrected chi connectivity index (χ4v) is 1.73. The predicted molar refractivity (Wildman–Crippen MR) is 65.1 cm³/mol. The predicted octanol–water partition coefficient (Wildman–Crippen LogP) is 1.97. The number of carbonyl (C=O) groups excluding carboxylic acids is 1. The van der Waals surface area contributed by atoms with E-state index in [0.29, 0.717) is 30.8 Å². The van der Waals surface area contributed by atoms with Gasteiger partial charge in [0.1, 0.15) is 5.65 Å². The zero-order chi connectivity index (χ0) is 13.0. The highest BCUT2D eigenvalue weighted by Crippen LogP contribution is 2.11. The van der Waals surface area contributed by atoms with Crippen molar-refractivity contribution in [1.82, 2.24) is 9.38 Å². The molecule has 5 heteroatoms. The maximum Gasteiger partial charge on any atom is 0.356 e. The van der Waals surface area contributed by atoms with Gasteiger partial charge in [0, 0.05) is 12.6 Å². The molecule has 0 atom stereocenters. The Labute approximate surface area is 105 Å². The first kappa shape index (κ1) is 12.1. The molecule has 0 unspecified atom stereocenters. The third-order valence-corrected chi connectivity index (χ3v) is 2.58. The van der Waals surface area contributed by atoms with Crippen LogP contribution >= 0.6 is 0 Å². The number of pyridine rings is 1. The molecule has 92 valence electrons. The molecule has 18 heavy (non-hydrogen) atoms. The van der Waals surface area contributed by atoms with Crippen molar-refractivity contribution in [2.24, 2.45) is 0 Å². The average molecular weight is 243 g/mol. The molecule has 0 saturated carbocycles. The Bertz CT molecular complexity index is 610. The lowest BCUT2D eigenvalue weighted by molar-refractivity contribution is 0.0518. The van der Waals surface area contributed by atoms with Gasteiger partial charge in [-0.1, -0.05) is 6.07 Å². The molecular weight excluding hydrogens is 230 g/mol. The molecule has 5 nitrogen and oxygen atoms in total. The number of rotatable bonds is 4. The maximum atomic E-state index is 11.7. The molecule has 0 aromatic carbocycles. The molecule has 2 rings (SSSR count). The van der Waals surface area contributed by atoms with Crippen molar-refractivity contribution in [3.63, 3.8) is 0 Å². The van der Waals surface area contributed by atoms with Crippen LogP contribution in [0.15, 0.2) is 24.5 Å². The Hall–Kier alpha value is -2.35. The van der Waals surface area contributed by atoms with Crippen LogP contribution in [0.25, 0.3) is 5.65 Å². The largest absolute Gasteiger partial charge is 0.461 e. The summed E-state index contributed by atoms with van der Waals surface area (Å²) in [5, 5.41) is 8.57. The summed E-state index contributed by atoms with van der Waals surface area (Å²) in [5.74, 6) is -0.387.